The third kappa shape index (κ3) is 3.01. The van der Waals surface area contributed by atoms with Gasteiger partial charge in [-0.3, -0.25) is 9.59 Å². The predicted octanol–water partition coefficient (Wildman–Crippen LogP) is 4.35. The second-order valence-corrected chi connectivity index (χ2v) is 7.22. The third-order valence-corrected chi connectivity index (χ3v) is 5.20. The first-order valence-corrected chi connectivity index (χ1v) is 9.18. The lowest BCUT2D eigenvalue weighted by Gasteiger charge is -2.29. The summed E-state index contributed by atoms with van der Waals surface area (Å²) in [5, 5.41) is 3.76. The van der Waals surface area contributed by atoms with E-state index in [0.29, 0.717) is 30.9 Å². The molecular formula is C20H17BrN2O3. The SMILES string of the molecule is CC(=O)Nc1cccc2c1CCN(C(=O)c1cc3cccc(Br)c3o1)C2. The molecule has 5 nitrogen and oxygen atoms in total. The fourth-order valence-electron chi connectivity index (χ4n) is 3.38. The van der Waals surface area contributed by atoms with Crippen molar-refractivity contribution in [2.75, 3.05) is 11.9 Å². The van der Waals surface area contributed by atoms with Crippen LogP contribution in [0.2, 0.25) is 0 Å². The topological polar surface area (TPSA) is 62.6 Å². The maximum atomic E-state index is 12.9. The second-order valence-electron chi connectivity index (χ2n) is 6.37. The molecule has 0 unspecified atom stereocenters. The third-order valence-electron chi connectivity index (χ3n) is 4.57. The van der Waals surface area contributed by atoms with Gasteiger partial charge in [-0.1, -0.05) is 24.3 Å². The first kappa shape index (κ1) is 16.8. The van der Waals surface area contributed by atoms with Gasteiger partial charge in [-0.25, -0.2) is 0 Å². The number of fused-ring (bicyclic) bond motifs is 2. The van der Waals surface area contributed by atoms with Gasteiger partial charge in [-0.15, -0.1) is 0 Å². The van der Waals surface area contributed by atoms with Crippen LogP contribution < -0.4 is 5.32 Å². The van der Waals surface area contributed by atoms with Crippen LogP contribution in [0, 0.1) is 0 Å². The average molecular weight is 413 g/mol. The average Bonchev–Trinajstić information content (AvgIpc) is 3.06. The highest BCUT2D eigenvalue weighted by atomic mass is 79.9. The second kappa shape index (κ2) is 6.61. The van der Waals surface area contributed by atoms with E-state index >= 15 is 0 Å². The quantitative estimate of drug-likeness (QED) is 0.680. The van der Waals surface area contributed by atoms with Crippen molar-refractivity contribution in [3.63, 3.8) is 0 Å². The number of nitrogens with one attached hydrogen (secondary N) is 1. The number of para-hydroxylation sites is 1. The van der Waals surface area contributed by atoms with E-state index in [1.165, 1.54) is 6.92 Å². The number of amides is 2. The summed E-state index contributed by atoms with van der Waals surface area (Å²) >= 11 is 3.45. The van der Waals surface area contributed by atoms with Gasteiger partial charge < -0.3 is 14.6 Å². The van der Waals surface area contributed by atoms with E-state index in [9.17, 15) is 9.59 Å². The van der Waals surface area contributed by atoms with Crippen molar-refractivity contribution in [2.45, 2.75) is 19.9 Å². The minimum absolute atomic E-state index is 0.0928. The van der Waals surface area contributed by atoms with Gasteiger partial charge in [-0.05, 0) is 51.7 Å². The number of furan rings is 1. The number of hydrogen-bond donors (Lipinski definition) is 1. The molecule has 26 heavy (non-hydrogen) atoms. The van der Waals surface area contributed by atoms with E-state index in [1.807, 2.05) is 36.4 Å². The molecule has 0 fully saturated rings. The molecule has 1 aliphatic rings. The first-order valence-electron chi connectivity index (χ1n) is 8.38. The van der Waals surface area contributed by atoms with Crippen molar-refractivity contribution in [3.8, 4) is 0 Å². The molecule has 4 rings (SSSR count). The largest absolute Gasteiger partial charge is 0.450 e. The number of nitrogens with zero attached hydrogens (tertiary/aromatic N) is 1. The molecular weight excluding hydrogens is 396 g/mol. The van der Waals surface area contributed by atoms with Gasteiger partial charge in [0.1, 0.15) is 5.58 Å². The summed E-state index contributed by atoms with van der Waals surface area (Å²) < 4.78 is 6.61. The van der Waals surface area contributed by atoms with Crippen molar-refractivity contribution >= 4 is 44.4 Å². The lowest BCUT2D eigenvalue weighted by Crippen LogP contribution is -2.36. The molecule has 1 N–H and O–H groups in total. The van der Waals surface area contributed by atoms with E-state index in [2.05, 4.69) is 21.2 Å². The van der Waals surface area contributed by atoms with Gasteiger partial charge in [0.15, 0.2) is 5.76 Å². The molecule has 1 aromatic heterocycles. The number of carbonyl (C=O) groups excluding carboxylic acids is 2. The number of benzene rings is 2. The number of rotatable bonds is 2. The van der Waals surface area contributed by atoms with Crippen molar-refractivity contribution in [2.24, 2.45) is 0 Å². The first-order chi connectivity index (χ1) is 12.5. The maximum Gasteiger partial charge on any atom is 0.289 e. The zero-order valence-electron chi connectivity index (χ0n) is 14.2. The van der Waals surface area contributed by atoms with Crippen LogP contribution in [-0.2, 0) is 17.8 Å². The van der Waals surface area contributed by atoms with Crippen LogP contribution >= 0.6 is 15.9 Å². The Bertz CT molecular complexity index is 1030. The van der Waals surface area contributed by atoms with Crippen LogP contribution in [0.3, 0.4) is 0 Å². The Hall–Kier alpha value is -2.60. The molecule has 6 heteroatoms. The highest BCUT2D eigenvalue weighted by Crippen LogP contribution is 2.30. The number of halogens is 1. The van der Waals surface area contributed by atoms with Crippen molar-refractivity contribution < 1.29 is 14.0 Å². The van der Waals surface area contributed by atoms with Crippen molar-refractivity contribution in [1.82, 2.24) is 4.90 Å². The van der Waals surface area contributed by atoms with Gasteiger partial charge in [-0.2, -0.15) is 0 Å². The number of hydrogen-bond acceptors (Lipinski definition) is 3. The molecule has 0 radical (unpaired) electrons. The summed E-state index contributed by atoms with van der Waals surface area (Å²) in [5.41, 5.74) is 3.66. The van der Waals surface area contributed by atoms with Crippen LogP contribution in [0.5, 0.6) is 0 Å². The van der Waals surface area contributed by atoms with Crippen LogP contribution in [-0.4, -0.2) is 23.3 Å². The highest BCUT2D eigenvalue weighted by Gasteiger charge is 2.26. The van der Waals surface area contributed by atoms with E-state index in [4.69, 9.17) is 4.42 Å². The fourth-order valence-corrected chi connectivity index (χ4v) is 3.84. The lowest BCUT2D eigenvalue weighted by atomic mass is 9.97. The summed E-state index contributed by atoms with van der Waals surface area (Å²) in [4.78, 5) is 26.1. The normalized spacial score (nSPS) is 13.5. The smallest absolute Gasteiger partial charge is 0.289 e. The summed E-state index contributed by atoms with van der Waals surface area (Å²) in [7, 11) is 0. The van der Waals surface area contributed by atoms with Crippen LogP contribution in [0.4, 0.5) is 5.69 Å². The standard InChI is InChI=1S/C20H17BrN2O3/c1-12(24)22-17-7-3-5-14-11-23(9-8-15(14)17)20(25)18-10-13-4-2-6-16(21)19(13)26-18/h2-7,10H,8-9,11H2,1H3,(H,22,24). The van der Waals surface area contributed by atoms with E-state index in [0.717, 1.165) is 26.7 Å². The summed E-state index contributed by atoms with van der Waals surface area (Å²) in [6.07, 6.45) is 0.696. The molecule has 0 spiro atoms. The monoisotopic (exact) mass is 412 g/mol. The van der Waals surface area contributed by atoms with Gasteiger partial charge in [0, 0.05) is 31.1 Å². The van der Waals surface area contributed by atoms with E-state index in [1.54, 1.807) is 11.0 Å². The molecule has 2 heterocycles. The molecule has 2 amide bonds. The molecule has 0 saturated carbocycles. The molecule has 132 valence electrons. The molecule has 1 aliphatic heterocycles. The van der Waals surface area contributed by atoms with Crippen molar-refractivity contribution in [1.29, 1.82) is 0 Å². The molecule has 2 aromatic carbocycles. The van der Waals surface area contributed by atoms with Crippen molar-refractivity contribution in [3.05, 3.63) is 63.8 Å². The zero-order chi connectivity index (χ0) is 18.3. The Morgan fingerprint density at radius 1 is 1.19 bits per heavy atom. The predicted molar refractivity (Wildman–Crippen MR) is 103 cm³/mol. The van der Waals surface area contributed by atoms with Gasteiger partial charge in [0.25, 0.3) is 5.91 Å². The molecule has 0 atom stereocenters. The van der Waals surface area contributed by atoms with Crippen LogP contribution in [0.25, 0.3) is 11.0 Å². The van der Waals surface area contributed by atoms with Gasteiger partial charge in [0.2, 0.25) is 5.91 Å². The maximum absolute atomic E-state index is 12.9. The summed E-state index contributed by atoms with van der Waals surface area (Å²) in [6.45, 7) is 2.58. The molecule has 0 aliphatic carbocycles. The summed E-state index contributed by atoms with van der Waals surface area (Å²) in [6, 6.07) is 13.3. The minimum atomic E-state index is -0.122. The van der Waals surface area contributed by atoms with E-state index in [-0.39, 0.29) is 11.8 Å². The highest BCUT2D eigenvalue weighted by molar-refractivity contribution is 9.10. The molecule has 0 bridgehead atoms. The van der Waals surface area contributed by atoms with Gasteiger partial charge >= 0.3 is 0 Å². The fraction of sp³-hybridized carbons (Fsp3) is 0.200. The van der Waals surface area contributed by atoms with Crippen LogP contribution in [0.15, 0.2) is 51.4 Å². The molecule has 0 saturated heterocycles. The Balaban J connectivity index is 1.61. The minimum Gasteiger partial charge on any atom is -0.450 e. The Kier molecular flexibility index (Phi) is 4.28. The summed E-state index contributed by atoms with van der Waals surface area (Å²) in [5.74, 6) is 0.127. The zero-order valence-corrected chi connectivity index (χ0v) is 15.8. The number of anilines is 1. The Labute approximate surface area is 159 Å². The van der Waals surface area contributed by atoms with Crippen LogP contribution in [0.1, 0.15) is 28.6 Å². The molecule has 3 aromatic rings. The Morgan fingerprint density at radius 2 is 2.00 bits per heavy atom. The number of carbonyl (C=O) groups is 2. The lowest BCUT2D eigenvalue weighted by molar-refractivity contribution is -0.114. The van der Waals surface area contributed by atoms with E-state index < -0.39 is 0 Å². The van der Waals surface area contributed by atoms with Gasteiger partial charge in [0.05, 0.1) is 4.47 Å². The Morgan fingerprint density at radius 3 is 2.77 bits per heavy atom.